The van der Waals surface area contributed by atoms with Gasteiger partial charge in [-0.15, -0.1) is 0 Å². The van der Waals surface area contributed by atoms with Gasteiger partial charge in [-0.25, -0.2) is 0 Å². The fraction of sp³-hybridized carbons (Fsp3) is 0.0435. The largest absolute Gasteiger partial charge is 0.508 e. The second-order valence-electron chi connectivity index (χ2n) is 6.54. The average molecular weight is 404 g/mol. The number of nitrogens with zero attached hydrogens (tertiary/aromatic N) is 1. The van der Waals surface area contributed by atoms with E-state index in [0.29, 0.717) is 16.1 Å². The molecule has 0 aliphatic heterocycles. The molecule has 0 saturated heterocycles. The first kappa shape index (κ1) is 18.8. The molecule has 29 heavy (non-hydrogen) atoms. The van der Waals surface area contributed by atoms with Crippen LogP contribution in [0, 0.1) is 0 Å². The topological polar surface area (TPSA) is 74.2 Å². The maximum atomic E-state index is 12.3. The minimum atomic E-state index is -0.194. The summed E-state index contributed by atoms with van der Waals surface area (Å²) in [6, 6.07) is 21.6. The molecule has 0 atom stereocenters. The highest BCUT2D eigenvalue weighted by molar-refractivity contribution is 6.31. The Morgan fingerprint density at radius 3 is 2.66 bits per heavy atom. The van der Waals surface area contributed by atoms with Crippen LogP contribution in [0.4, 0.5) is 11.4 Å². The van der Waals surface area contributed by atoms with E-state index in [2.05, 4.69) is 15.6 Å². The van der Waals surface area contributed by atoms with Crippen molar-refractivity contribution in [2.45, 2.75) is 6.54 Å². The predicted molar refractivity (Wildman–Crippen MR) is 116 cm³/mol. The number of nitrogens with one attached hydrogen (secondary N) is 2. The van der Waals surface area contributed by atoms with Crippen molar-refractivity contribution in [1.82, 2.24) is 10.3 Å². The SMILES string of the molecule is O=C(NCc1cc(Nc2ccnc3cc(Cl)ccc23)ccc1O)c1ccccc1. The van der Waals surface area contributed by atoms with Crippen molar-refractivity contribution in [3.05, 3.63) is 95.1 Å². The van der Waals surface area contributed by atoms with Crippen LogP contribution in [0.25, 0.3) is 10.9 Å². The second kappa shape index (κ2) is 8.20. The highest BCUT2D eigenvalue weighted by Crippen LogP contribution is 2.29. The van der Waals surface area contributed by atoms with Gasteiger partial charge in [-0.3, -0.25) is 9.78 Å². The van der Waals surface area contributed by atoms with E-state index in [0.717, 1.165) is 22.3 Å². The molecule has 0 unspecified atom stereocenters. The maximum absolute atomic E-state index is 12.3. The van der Waals surface area contributed by atoms with Gasteiger partial charge in [-0.1, -0.05) is 29.8 Å². The molecule has 4 aromatic rings. The van der Waals surface area contributed by atoms with E-state index < -0.39 is 0 Å². The van der Waals surface area contributed by atoms with Crippen LogP contribution in [0.15, 0.2) is 79.0 Å². The molecular weight excluding hydrogens is 386 g/mol. The molecule has 0 bridgehead atoms. The number of aromatic nitrogens is 1. The Bertz CT molecular complexity index is 1180. The molecule has 1 heterocycles. The lowest BCUT2D eigenvalue weighted by atomic mass is 10.1. The average Bonchev–Trinajstić information content (AvgIpc) is 2.74. The molecule has 0 saturated carbocycles. The number of carbonyl (C=O) groups excluding carboxylic acids is 1. The Labute approximate surface area is 173 Å². The maximum Gasteiger partial charge on any atom is 0.251 e. The van der Waals surface area contributed by atoms with E-state index in [1.54, 1.807) is 30.5 Å². The Morgan fingerprint density at radius 2 is 1.83 bits per heavy atom. The number of phenols is 1. The predicted octanol–water partition coefficient (Wildman–Crippen LogP) is 5.27. The standard InChI is InChI=1S/C23H18ClN3O2/c24-17-6-8-19-20(10-11-25-21(19)13-17)27-18-7-9-22(28)16(12-18)14-26-23(29)15-4-2-1-3-5-15/h1-13,28H,14H2,(H,25,27)(H,26,29). The van der Waals surface area contributed by atoms with Crippen molar-refractivity contribution in [3.8, 4) is 5.75 Å². The summed E-state index contributed by atoms with van der Waals surface area (Å²) in [4.78, 5) is 16.6. The lowest BCUT2D eigenvalue weighted by molar-refractivity contribution is 0.0950. The molecule has 0 radical (unpaired) electrons. The molecule has 3 N–H and O–H groups in total. The van der Waals surface area contributed by atoms with Crippen molar-refractivity contribution in [2.24, 2.45) is 0 Å². The van der Waals surface area contributed by atoms with E-state index in [-0.39, 0.29) is 18.2 Å². The molecule has 3 aromatic carbocycles. The molecule has 1 aromatic heterocycles. The molecule has 0 aliphatic rings. The molecule has 0 fully saturated rings. The molecule has 4 rings (SSSR count). The minimum Gasteiger partial charge on any atom is -0.508 e. The fourth-order valence-corrected chi connectivity index (χ4v) is 3.22. The van der Waals surface area contributed by atoms with Crippen molar-refractivity contribution in [1.29, 1.82) is 0 Å². The monoisotopic (exact) mass is 403 g/mol. The number of aromatic hydroxyl groups is 1. The summed E-state index contributed by atoms with van der Waals surface area (Å²) >= 11 is 6.05. The van der Waals surface area contributed by atoms with Gasteiger partial charge in [0.2, 0.25) is 0 Å². The Morgan fingerprint density at radius 1 is 1.00 bits per heavy atom. The van der Waals surface area contributed by atoms with Crippen LogP contribution < -0.4 is 10.6 Å². The van der Waals surface area contributed by atoms with Gasteiger partial charge in [0.1, 0.15) is 5.75 Å². The number of carbonyl (C=O) groups is 1. The van der Waals surface area contributed by atoms with Gasteiger partial charge in [0.25, 0.3) is 5.91 Å². The molecule has 5 nitrogen and oxygen atoms in total. The number of halogens is 1. The number of hydrogen-bond donors (Lipinski definition) is 3. The van der Waals surface area contributed by atoms with Crippen LogP contribution in [0.3, 0.4) is 0 Å². The van der Waals surface area contributed by atoms with E-state index in [4.69, 9.17) is 11.6 Å². The summed E-state index contributed by atoms with van der Waals surface area (Å²) in [5, 5.41) is 17.9. The lowest BCUT2D eigenvalue weighted by Gasteiger charge is -2.13. The third-order valence-electron chi connectivity index (χ3n) is 4.54. The third-order valence-corrected chi connectivity index (χ3v) is 4.77. The number of anilines is 2. The number of hydrogen-bond acceptors (Lipinski definition) is 4. The lowest BCUT2D eigenvalue weighted by Crippen LogP contribution is -2.22. The molecule has 6 heteroatoms. The second-order valence-corrected chi connectivity index (χ2v) is 6.97. The number of phenolic OH excluding ortho intramolecular Hbond substituents is 1. The van der Waals surface area contributed by atoms with Crippen molar-refractivity contribution >= 4 is 39.8 Å². The molecule has 1 amide bonds. The van der Waals surface area contributed by atoms with Gasteiger partial charge in [-0.05, 0) is 54.6 Å². The van der Waals surface area contributed by atoms with E-state index in [9.17, 15) is 9.90 Å². The zero-order valence-electron chi connectivity index (χ0n) is 15.4. The molecule has 0 aliphatic carbocycles. The Hall–Kier alpha value is -3.57. The van der Waals surface area contributed by atoms with Crippen molar-refractivity contribution in [2.75, 3.05) is 5.32 Å². The van der Waals surface area contributed by atoms with Gasteiger partial charge in [0.15, 0.2) is 0 Å². The van der Waals surface area contributed by atoms with Crippen LogP contribution in [-0.4, -0.2) is 16.0 Å². The first-order valence-electron chi connectivity index (χ1n) is 9.06. The fourth-order valence-electron chi connectivity index (χ4n) is 3.06. The van der Waals surface area contributed by atoms with Crippen LogP contribution in [0.2, 0.25) is 5.02 Å². The smallest absolute Gasteiger partial charge is 0.251 e. The van der Waals surface area contributed by atoms with Crippen LogP contribution in [-0.2, 0) is 6.54 Å². The van der Waals surface area contributed by atoms with E-state index >= 15 is 0 Å². The van der Waals surface area contributed by atoms with Gasteiger partial charge < -0.3 is 15.7 Å². The van der Waals surface area contributed by atoms with E-state index in [1.165, 1.54) is 0 Å². The van der Waals surface area contributed by atoms with Crippen LogP contribution in [0.5, 0.6) is 5.75 Å². The quantitative estimate of drug-likeness (QED) is 0.397. The van der Waals surface area contributed by atoms with Gasteiger partial charge >= 0.3 is 0 Å². The first-order valence-corrected chi connectivity index (χ1v) is 9.44. The normalized spacial score (nSPS) is 10.7. The van der Waals surface area contributed by atoms with Crippen LogP contribution in [0.1, 0.15) is 15.9 Å². The summed E-state index contributed by atoms with van der Waals surface area (Å²) in [6.45, 7) is 0.210. The zero-order valence-corrected chi connectivity index (χ0v) is 16.1. The third kappa shape index (κ3) is 4.31. The van der Waals surface area contributed by atoms with Gasteiger partial charge in [0.05, 0.1) is 5.52 Å². The molecule has 144 valence electrons. The highest BCUT2D eigenvalue weighted by atomic mass is 35.5. The van der Waals surface area contributed by atoms with Gasteiger partial charge in [-0.2, -0.15) is 0 Å². The first-order chi connectivity index (χ1) is 14.1. The summed E-state index contributed by atoms with van der Waals surface area (Å²) < 4.78 is 0. The Balaban J connectivity index is 1.54. The van der Waals surface area contributed by atoms with Gasteiger partial charge in [0, 0.05) is 45.7 Å². The summed E-state index contributed by atoms with van der Waals surface area (Å²) in [5.74, 6) is -0.0735. The molecule has 0 spiro atoms. The summed E-state index contributed by atoms with van der Waals surface area (Å²) in [7, 11) is 0. The van der Waals surface area contributed by atoms with Crippen molar-refractivity contribution in [3.63, 3.8) is 0 Å². The number of fused-ring (bicyclic) bond motifs is 1. The molecular formula is C23H18ClN3O2. The zero-order chi connectivity index (χ0) is 20.2. The number of rotatable bonds is 5. The summed E-state index contributed by atoms with van der Waals surface area (Å²) in [5.41, 5.74) is 3.63. The number of amides is 1. The van der Waals surface area contributed by atoms with Crippen molar-refractivity contribution < 1.29 is 9.90 Å². The highest BCUT2D eigenvalue weighted by Gasteiger charge is 2.09. The Kier molecular flexibility index (Phi) is 5.31. The number of pyridine rings is 1. The summed E-state index contributed by atoms with van der Waals surface area (Å²) in [6.07, 6.45) is 1.71. The number of benzene rings is 3. The minimum absolute atomic E-state index is 0.121. The van der Waals surface area contributed by atoms with Crippen LogP contribution >= 0.6 is 11.6 Å². The van der Waals surface area contributed by atoms with E-state index in [1.807, 2.05) is 48.5 Å².